The van der Waals surface area contributed by atoms with E-state index in [1.165, 1.54) is 11.1 Å². The van der Waals surface area contributed by atoms with Crippen LogP contribution < -0.4 is 0 Å². The molecule has 17 heavy (non-hydrogen) atoms. The third kappa shape index (κ3) is 3.87. The van der Waals surface area contributed by atoms with Crippen molar-refractivity contribution in [1.29, 1.82) is 0 Å². The fourth-order valence-electron chi connectivity index (χ4n) is 1.66. The first-order valence-corrected chi connectivity index (χ1v) is 5.98. The molecule has 0 aliphatic heterocycles. The highest BCUT2D eigenvalue weighted by atomic mass is 14.7. The topological polar surface area (TPSA) is 12.9 Å². The monoisotopic (exact) mass is 223 g/mol. The Hall–Kier alpha value is -1.89. The molecule has 0 saturated heterocycles. The van der Waals surface area contributed by atoms with Crippen molar-refractivity contribution >= 4 is 6.08 Å². The lowest BCUT2D eigenvalue weighted by Crippen LogP contribution is -1.88. The number of pyridine rings is 1. The summed E-state index contributed by atoms with van der Waals surface area (Å²) >= 11 is 0. The van der Waals surface area contributed by atoms with Crippen LogP contribution in [0.5, 0.6) is 0 Å². The predicted octanol–water partition coefficient (Wildman–Crippen LogP) is 4.04. The first-order valence-electron chi connectivity index (χ1n) is 5.98. The zero-order valence-electron chi connectivity index (χ0n) is 10.1. The second-order valence-corrected chi connectivity index (χ2v) is 4.18. The molecule has 1 heteroatoms. The third-order valence-corrected chi connectivity index (χ3v) is 2.65. The molecule has 0 aliphatic carbocycles. The van der Waals surface area contributed by atoms with Crippen LogP contribution >= 0.6 is 0 Å². The van der Waals surface area contributed by atoms with Crippen molar-refractivity contribution in [3.63, 3.8) is 0 Å². The van der Waals surface area contributed by atoms with Gasteiger partial charge in [0.25, 0.3) is 0 Å². The molecule has 0 saturated carbocycles. The summed E-state index contributed by atoms with van der Waals surface area (Å²) in [5, 5.41) is 0. The van der Waals surface area contributed by atoms with Gasteiger partial charge in [0.1, 0.15) is 0 Å². The van der Waals surface area contributed by atoms with Gasteiger partial charge in [-0.1, -0.05) is 48.6 Å². The van der Waals surface area contributed by atoms with E-state index in [4.69, 9.17) is 0 Å². The molecule has 86 valence electrons. The van der Waals surface area contributed by atoms with Crippen LogP contribution in [0.4, 0.5) is 0 Å². The van der Waals surface area contributed by atoms with Gasteiger partial charge in [0.2, 0.25) is 0 Å². The highest BCUT2D eigenvalue weighted by Crippen LogP contribution is 2.05. The van der Waals surface area contributed by atoms with Crippen LogP contribution in [-0.4, -0.2) is 4.98 Å². The van der Waals surface area contributed by atoms with Crippen molar-refractivity contribution in [3.8, 4) is 0 Å². The summed E-state index contributed by atoms with van der Waals surface area (Å²) in [6.07, 6.45) is 8.33. The largest absolute Gasteiger partial charge is 0.261 e. The van der Waals surface area contributed by atoms with Crippen LogP contribution in [0.2, 0.25) is 0 Å². The number of hydrogen-bond donors (Lipinski definition) is 0. The van der Waals surface area contributed by atoms with E-state index in [-0.39, 0.29) is 0 Å². The standard InChI is InChI=1S/C16H17N/c1-14-11-12-16(17-13-14)10-6-5-9-15-7-3-2-4-8-15/h2-5,7-9,11-13H,6,10H2,1H3/b9-5+. The molecule has 0 radical (unpaired) electrons. The van der Waals surface area contributed by atoms with E-state index in [0.717, 1.165) is 18.5 Å². The van der Waals surface area contributed by atoms with Crippen LogP contribution in [0, 0.1) is 6.92 Å². The minimum Gasteiger partial charge on any atom is -0.261 e. The lowest BCUT2D eigenvalue weighted by molar-refractivity contribution is 0.942. The molecule has 0 fully saturated rings. The first kappa shape index (κ1) is 11.6. The Morgan fingerprint density at radius 3 is 2.59 bits per heavy atom. The van der Waals surface area contributed by atoms with Gasteiger partial charge in [0.05, 0.1) is 0 Å². The average molecular weight is 223 g/mol. The zero-order valence-corrected chi connectivity index (χ0v) is 10.1. The molecule has 2 aromatic rings. The van der Waals surface area contributed by atoms with Crippen molar-refractivity contribution < 1.29 is 0 Å². The van der Waals surface area contributed by atoms with Crippen molar-refractivity contribution in [2.45, 2.75) is 19.8 Å². The predicted molar refractivity (Wildman–Crippen MR) is 72.8 cm³/mol. The summed E-state index contributed by atoms with van der Waals surface area (Å²) in [5.74, 6) is 0. The number of hydrogen-bond acceptors (Lipinski definition) is 1. The number of allylic oxidation sites excluding steroid dienone is 1. The molecule has 0 spiro atoms. The number of nitrogens with zero attached hydrogens (tertiary/aromatic N) is 1. The van der Waals surface area contributed by atoms with Gasteiger partial charge < -0.3 is 0 Å². The van der Waals surface area contributed by atoms with Crippen molar-refractivity contribution in [3.05, 3.63) is 71.6 Å². The molecule has 1 nitrogen and oxygen atoms in total. The molecule has 1 aromatic carbocycles. The normalized spacial score (nSPS) is 10.9. The van der Waals surface area contributed by atoms with Crippen LogP contribution in [0.25, 0.3) is 6.08 Å². The summed E-state index contributed by atoms with van der Waals surface area (Å²) in [4.78, 5) is 4.39. The smallest absolute Gasteiger partial charge is 0.0406 e. The number of rotatable bonds is 4. The lowest BCUT2D eigenvalue weighted by Gasteiger charge is -1.98. The summed E-state index contributed by atoms with van der Waals surface area (Å²) < 4.78 is 0. The maximum atomic E-state index is 4.39. The fraction of sp³-hybridized carbons (Fsp3) is 0.188. The fourth-order valence-corrected chi connectivity index (χ4v) is 1.66. The average Bonchev–Trinajstić information content (AvgIpc) is 2.38. The molecular formula is C16H17N. The lowest BCUT2D eigenvalue weighted by atomic mass is 10.1. The summed E-state index contributed by atoms with van der Waals surface area (Å²) in [5.41, 5.74) is 3.63. The minimum absolute atomic E-state index is 1.00. The Morgan fingerprint density at radius 2 is 1.88 bits per heavy atom. The Labute approximate surface area is 103 Å². The second kappa shape index (κ2) is 6.00. The molecule has 0 aliphatic rings. The van der Waals surface area contributed by atoms with Gasteiger partial charge in [0, 0.05) is 11.9 Å². The number of aromatic nitrogens is 1. The molecule has 0 amide bonds. The summed E-state index contributed by atoms with van der Waals surface area (Å²) in [6.45, 7) is 2.06. The Bertz CT molecular complexity index is 469. The van der Waals surface area contributed by atoms with Crippen LogP contribution in [0.15, 0.2) is 54.7 Å². The van der Waals surface area contributed by atoms with E-state index >= 15 is 0 Å². The summed E-state index contributed by atoms with van der Waals surface area (Å²) in [7, 11) is 0. The van der Waals surface area contributed by atoms with Crippen molar-refractivity contribution in [1.82, 2.24) is 4.98 Å². The minimum atomic E-state index is 1.00. The van der Waals surface area contributed by atoms with Crippen LogP contribution in [-0.2, 0) is 6.42 Å². The Morgan fingerprint density at radius 1 is 1.06 bits per heavy atom. The van der Waals surface area contributed by atoms with Crippen molar-refractivity contribution in [2.24, 2.45) is 0 Å². The van der Waals surface area contributed by atoms with Gasteiger partial charge in [-0.3, -0.25) is 4.98 Å². The molecule has 2 rings (SSSR count). The van der Waals surface area contributed by atoms with E-state index in [2.05, 4.69) is 60.5 Å². The van der Waals surface area contributed by atoms with E-state index in [0.29, 0.717) is 0 Å². The maximum Gasteiger partial charge on any atom is 0.0406 e. The Kier molecular flexibility index (Phi) is 4.09. The van der Waals surface area contributed by atoms with Crippen LogP contribution in [0.1, 0.15) is 23.2 Å². The molecule has 0 bridgehead atoms. The van der Waals surface area contributed by atoms with E-state index in [9.17, 15) is 0 Å². The molecular weight excluding hydrogens is 206 g/mol. The molecule has 0 unspecified atom stereocenters. The summed E-state index contributed by atoms with van der Waals surface area (Å²) in [6, 6.07) is 14.6. The van der Waals surface area contributed by atoms with Gasteiger partial charge in [-0.15, -0.1) is 0 Å². The third-order valence-electron chi connectivity index (χ3n) is 2.65. The highest BCUT2D eigenvalue weighted by Gasteiger charge is 1.92. The van der Waals surface area contributed by atoms with Crippen LogP contribution in [0.3, 0.4) is 0 Å². The Balaban J connectivity index is 1.84. The van der Waals surface area contributed by atoms with Crippen molar-refractivity contribution in [2.75, 3.05) is 0 Å². The van der Waals surface area contributed by atoms with E-state index in [1.54, 1.807) is 0 Å². The van der Waals surface area contributed by atoms with E-state index < -0.39 is 0 Å². The SMILES string of the molecule is Cc1ccc(CC/C=C/c2ccccc2)nc1. The maximum absolute atomic E-state index is 4.39. The van der Waals surface area contributed by atoms with Gasteiger partial charge in [-0.25, -0.2) is 0 Å². The van der Waals surface area contributed by atoms with E-state index in [1.807, 2.05) is 12.3 Å². The second-order valence-electron chi connectivity index (χ2n) is 4.18. The zero-order chi connectivity index (χ0) is 11.9. The number of benzene rings is 1. The van der Waals surface area contributed by atoms with Gasteiger partial charge in [0.15, 0.2) is 0 Å². The number of aryl methyl sites for hydroxylation is 2. The molecule has 0 atom stereocenters. The molecule has 1 aromatic heterocycles. The molecule has 1 heterocycles. The van der Waals surface area contributed by atoms with Gasteiger partial charge in [-0.2, -0.15) is 0 Å². The quantitative estimate of drug-likeness (QED) is 0.762. The first-order chi connectivity index (χ1) is 8.34. The highest BCUT2D eigenvalue weighted by molar-refractivity contribution is 5.48. The van der Waals surface area contributed by atoms with Gasteiger partial charge >= 0.3 is 0 Å². The molecule has 0 N–H and O–H groups in total. The van der Waals surface area contributed by atoms with Gasteiger partial charge in [-0.05, 0) is 37.0 Å².